The molecule has 0 bridgehead atoms. The van der Waals surface area contributed by atoms with Crippen LogP contribution in [0.1, 0.15) is 29.9 Å². The number of aromatic nitrogens is 4. The van der Waals surface area contributed by atoms with Gasteiger partial charge in [0.1, 0.15) is 23.0 Å². The predicted octanol–water partition coefficient (Wildman–Crippen LogP) is 3.26. The maximum Gasteiger partial charge on any atom is 0.338 e. The number of carboxylic acid groups (broad SMARTS) is 1. The summed E-state index contributed by atoms with van der Waals surface area (Å²) in [5, 5.41) is 19.9. The van der Waals surface area contributed by atoms with Gasteiger partial charge in [-0.3, -0.25) is 4.98 Å². The summed E-state index contributed by atoms with van der Waals surface area (Å²) in [6.45, 7) is 3.43. The Kier molecular flexibility index (Phi) is 4.76. The Morgan fingerprint density at radius 1 is 1.11 bits per heavy atom. The Balaban J connectivity index is 1.85. The molecular formula is C18H15F2N5O2. The molecule has 0 atom stereocenters. The van der Waals surface area contributed by atoms with Crippen molar-refractivity contribution in [3.8, 4) is 11.3 Å². The zero-order valence-electron chi connectivity index (χ0n) is 14.4. The van der Waals surface area contributed by atoms with Gasteiger partial charge in [0.2, 0.25) is 5.95 Å². The quantitative estimate of drug-likeness (QED) is 0.710. The highest BCUT2D eigenvalue weighted by Crippen LogP contribution is 2.25. The number of anilines is 1. The number of halogens is 2. The minimum absolute atomic E-state index is 0.134. The molecule has 0 radical (unpaired) electrons. The zero-order chi connectivity index (χ0) is 19.6. The number of carboxylic acids is 1. The molecule has 27 heavy (non-hydrogen) atoms. The van der Waals surface area contributed by atoms with Gasteiger partial charge in [0, 0.05) is 11.8 Å². The highest BCUT2D eigenvalue weighted by molar-refractivity contribution is 5.89. The van der Waals surface area contributed by atoms with E-state index in [1.807, 2.05) is 0 Å². The number of rotatable bonds is 5. The fourth-order valence-corrected chi connectivity index (χ4v) is 2.50. The smallest absolute Gasteiger partial charge is 0.338 e. The zero-order valence-corrected chi connectivity index (χ0v) is 14.4. The summed E-state index contributed by atoms with van der Waals surface area (Å²) >= 11 is 0. The first-order chi connectivity index (χ1) is 12.8. The Bertz CT molecular complexity index is 993. The summed E-state index contributed by atoms with van der Waals surface area (Å²) in [4.78, 5) is 19.2. The molecule has 0 spiro atoms. The second-order valence-electron chi connectivity index (χ2n) is 6.25. The van der Waals surface area contributed by atoms with Gasteiger partial charge in [-0.1, -0.05) is 0 Å². The molecule has 2 N–H and O–H groups in total. The number of aromatic carboxylic acids is 1. The molecule has 9 heteroatoms. The highest BCUT2D eigenvalue weighted by atomic mass is 19.1. The van der Waals surface area contributed by atoms with Crippen LogP contribution in [0.15, 0.2) is 42.7 Å². The first kappa shape index (κ1) is 18.3. The van der Waals surface area contributed by atoms with Gasteiger partial charge in [0.15, 0.2) is 0 Å². The molecule has 3 aromatic rings. The van der Waals surface area contributed by atoms with Crippen LogP contribution in [0.5, 0.6) is 0 Å². The monoisotopic (exact) mass is 371 g/mol. The standard InChI is InChI=1S/C18H15F2N5O2/c1-18(2,15-13(20)4-3-7-21-15)23-17-22-9-14(24-25-17)10-5-6-12(19)11(8-10)16(26)27/h3-9H,1-2H3,(H,26,27)(H,22,23,25). The molecule has 1 aromatic carbocycles. The van der Waals surface area contributed by atoms with Crippen LogP contribution in [-0.4, -0.2) is 31.2 Å². The molecule has 3 rings (SSSR count). The van der Waals surface area contributed by atoms with Crippen molar-refractivity contribution in [1.82, 2.24) is 20.2 Å². The fourth-order valence-electron chi connectivity index (χ4n) is 2.50. The lowest BCUT2D eigenvalue weighted by atomic mass is 9.99. The Labute approximate surface area is 153 Å². The molecule has 0 aliphatic carbocycles. The van der Waals surface area contributed by atoms with Crippen LogP contribution in [0.25, 0.3) is 11.3 Å². The number of hydrogen-bond donors (Lipinski definition) is 2. The average molecular weight is 371 g/mol. The van der Waals surface area contributed by atoms with Crippen molar-refractivity contribution >= 4 is 11.9 Å². The average Bonchev–Trinajstić information content (AvgIpc) is 2.62. The molecule has 2 heterocycles. The summed E-state index contributed by atoms with van der Waals surface area (Å²) in [5.74, 6) is -2.56. The van der Waals surface area contributed by atoms with E-state index in [4.69, 9.17) is 5.11 Å². The molecule has 0 amide bonds. The summed E-state index contributed by atoms with van der Waals surface area (Å²) in [7, 11) is 0. The van der Waals surface area contributed by atoms with E-state index < -0.39 is 28.7 Å². The van der Waals surface area contributed by atoms with E-state index in [9.17, 15) is 13.6 Å². The van der Waals surface area contributed by atoms with E-state index >= 15 is 0 Å². The third-order valence-electron chi connectivity index (χ3n) is 3.83. The van der Waals surface area contributed by atoms with Crippen LogP contribution < -0.4 is 5.32 Å². The summed E-state index contributed by atoms with van der Waals surface area (Å²) in [5.41, 5.74) is -0.549. The van der Waals surface area contributed by atoms with Gasteiger partial charge in [0.05, 0.1) is 17.3 Å². The number of nitrogens with one attached hydrogen (secondary N) is 1. The Morgan fingerprint density at radius 2 is 1.89 bits per heavy atom. The first-order valence-corrected chi connectivity index (χ1v) is 7.90. The minimum atomic E-state index is -1.38. The summed E-state index contributed by atoms with van der Waals surface area (Å²) in [6, 6.07) is 6.38. The maximum absolute atomic E-state index is 14.0. The van der Waals surface area contributed by atoms with E-state index in [-0.39, 0.29) is 17.3 Å². The molecule has 138 valence electrons. The Morgan fingerprint density at radius 3 is 2.52 bits per heavy atom. The highest BCUT2D eigenvalue weighted by Gasteiger charge is 2.26. The summed E-state index contributed by atoms with van der Waals surface area (Å²) in [6.07, 6.45) is 2.84. The van der Waals surface area contributed by atoms with E-state index in [1.165, 1.54) is 30.6 Å². The van der Waals surface area contributed by atoms with E-state index in [0.29, 0.717) is 5.56 Å². The topological polar surface area (TPSA) is 101 Å². The van der Waals surface area contributed by atoms with E-state index in [0.717, 1.165) is 12.1 Å². The number of carbonyl (C=O) groups is 1. The van der Waals surface area contributed by atoms with Gasteiger partial charge in [-0.05, 0) is 44.2 Å². The van der Waals surface area contributed by atoms with Crippen molar-refractivity contribution in [2.45, 2.75) is 19.4 Å². The van der Waals surface area contributed by atoms with Crippen LogP contribution in [0, 0.1) is 11.6 Å². The number of benzene rings is 1. The Hall–Kier alpha value is -3.49. The lowest BCUT2D eigenvalue weighted by Gasteiger charge is -2.25. The van der Waals surface area contributed by atoms with Crippen LogP contribution in [0.2, 0.25) is 0 Å². The van der Waals surface area contributed by atoms with Crippen LogP contribution in [-0.2, 0) is 5.54 Å². The van der Waals surface area contributed by atoms with Gasteiger partial charge >= 0.3 is 5.97 Å². The van der Waals surface area contributed by atoms with Crippen molar-refractivity contribution in [3.05, 3.63) is 65.6 Å². The van der Waals surface area contributed by atoms with Gasteiger partial charge < -0.3 is 10.4 Å². The maximum atomic E-state index is 14.0. The second-order valence-corrected chi connectivity index (χ2v) is 6.25. The number of pyridine rings is 1. The number of nitrogens with zero attached hydrogens (tertiary/aromatic N) is 4. The molecule has 0 fully saturated rings. The molecule has 0 saturated heterocycles. The van der Waals surface area contributed by atoms with Crippen molar-refractivity contribution in [2.75, 3.05) is 5.32 Å². The molecule has 0 saturated carbocycles. The van der Waals surface area contributed by atoms with Crippen molar-refractivity contribution in [1.29, 1.82) is 0 Å². The second kappa shape index (κ2) is 7.02. The normalized spacial score (nSPS) is 11.3. The third kappa shape index (κ3) is 3.86. The van der Waals surface area contributed by atoms with Crippen LogP contribution in [0.4, 0.5) is 14.7 Å². The SMILES string of the molecule is CC(C)(Nc1ncc(-c2ccc(F)c(C(=O)O)c2)nn1)c1ncccc1F. The van der Waals surface area contributed by atoms with Crippen LogP contribution >= 0.6 is 0 Å². The van der Waals surface area contributed by atoms with Crippen molar-refractivity contribution in [2.24, 2.45) is 0 Å². The van der Waals surface area contributed by atoms with E-state index in [2.05, 4.69) is 25.5 Å². The molecule has 2 aromatic heterocycles. The molecule has 0 aliphatic rings. The largest absolute Gasteiger partial charge is 0.478 e. The van der Waals surface area contributed by atoms with Gasteiger partial charge in [0.25, 0.3) is 0 Å². The molecule has 0 aliphatic heterocycles. The lowest BCUT2D eigenvalue weighted by Crippen LogP contribution is -2.31. The summed E-state index contributed by atoms with van der Waals surface area (Å²) < 4.78 is 27.5. The fraction of sp³-hybridized carbons (Fsp3) is 0.167. The van der Waals surface area contributed by atoms with Gasteiger partial charge in [-0.25, -0.2) is 18.6 Å². The van der Waals surface area contributed by atoms with Gasteiger partial charge in [-0.15, -0.1) is 10.2 Å². The lowest BCUT2D eigenvalue weighted by molar-refractivity contribution is 0.0692. The van der Waals surface area contributed by atoms with Crippen molar-refractivity contribution < 1.29 is 18.7 Å². The molecular weight excluding hydrogens is 356 g/mol. The van der Waals surface area contributed by atoms with Crippen molar-refractivity contribution in [3.63, 3.8) is 0 Å². The number of hydrogen-bond acceptors (Lipinski definition) is 6. The third-order valence-corrected chi connectivity index (χ3v) is 3.83. The van der Waals surface area contributed by atoms with Gasteiger partial charge in [-0.2, -0.15) is 0 Å². The van der Waals surface area contributed by atoms with E-state index in [1.54, 1.807) is 13.8 Å². The molecule has 0 unspecified atom stereocenters. The predicted molar refractivity (Wildman–Crippen MR) is 93.0 cm³/mol. The van der Waals surface area contributed by atoms with Crippen LogP contribution in [0.3, 0.4) is 0 Å². The first-order valence-electron chi connectivity index (χ1n) is 7.90. The molecule has 7 nitrogen and oxygen atoms in total. The minimum Gasteiger partial charge on any atom is -0.478 e.